The third kappa shape index (κ3) is 8.22. The Morgan fingerprint density at radius 3 is 2.33 bits per heavy atom. The molecule has 0 aliphatic carbocycles. The second-order valence-corrected chi connectivity index (χ2v) is 5.80. The number of halogens is 1. The number of carbonyl (C=O) groups excluding carboxylic acids is 1. The van der Waals surface area contributed by atoms with Gasteiger partial charge in [0, 0.05) is 18.5 Å². The second kappa shape index (κ2) is 11.8. The van der Waals surface area contributed by atoms with E-state index in [-0.39, 0.29) is 5.97 Å². The third-order valence-electron chi connectivity index (χ3n) is 3.30. The standard InChI is InChI=1S/C17H25BrO3/c1-20-17(19)16-10-8-15(9-11-16)7-6-14-21-13-5-3-2-4-12-18/h8-11H,2-7,12-14H2,1H3. The highest BCUT2D eigenvalue weighted by atomic mass is 79.9. The SMILES string of the molecule is COC(=O)c1ccc(CCCOCCCCCCBr)cc1. The summed E-state index contributed by atoms with van der Waals surface area (Å²) in [6, 6.07) is 7.58. The van der Waals surface area contributed by atoms with Crippen LogP contribution < -0.4 is 0 Å². The van der Waals surface area contributed by atoms with Gasteiger partial charge in [-0.05, 0) is 43.4 Å². The fourth-order valence-electron chi connectivity index (χ4n) is 2.06. The number of rotatable bonds is 11. The smallest absolute Gasteiger partial charge is 0.337 e. The summed E-state index contributed by atoms with van der Waals surface area (Å²) < 4.78 is 10.3. The largest absolute Gasteiger partial charge is 0.465 e. The van der Waals surface area contributed by atoms with E-state index < -0.39 is 0 Å². The summed E-state index contributed by atoms with van der Waals surface area (Å²) in [5, 5.41) is 1.10. The van der Waals surface area contributed by atoms with Crippen LogP contribution in [0.1, 0.15) is 48.0 Å². The van der Waals surface area contributed by atoms with Gasteiger partial charge in [-0.1, -0.05) is 40.9 Å². The molecule has 0 heterocycles. The quantitative estimate of drug-likeness (QED) is 0.335. The van der Waals surface area contributed by atoms with Gasteiger partial charge in [-0.2, -0.15) is 0 Å². The highest BCUT2D eigenvalue weighted by molar-refractivity contribution is 9.09. The van der Waals surface area contributed by atoms with Crippen LogP contribution in [-0.4, -0.2) is 31.6 Å². The van der Waals surface area contributed by atoms with E-state index in [1.807, 2.05) is 24.3 Å². The Morgan fingerprint density at radius 2 is 1.67 bits per heavy atom. The van der Waals surface area contributed by atoms with Crippen molar-refractivity contribution in [2.75, 3.05) is 25.7 Å². The molecule has 118 valence electrons. The summed E-state index contributed by atoms with van der Waals surface area (Å²) in [7, 11) is 1.40. The minimum atomic E-state index is -0.287. The first-order valence-electron chi connectivity index (χ1n) is 7.59. The molecule has 0 saturated carbocycles. The van der Waals surface area contributed by atoms with Crippen LogP contribution in [0.4, 0.5) is 0 Å². The Hall–Kier alpha value is -0.870. The van der Waals surface area contributed by atoms with Gasteiger partial charge in [0.25, 0.3) is 0 Å². The van der Waals surface area contributed by atoms with Crippen LogP contribution in [0.25, 0.3) is 0 Å². The van der Waals surface area contributed by atoms with Gasteiger partial charge in [-0.3, -0.25) is 0 Å². The fraction of sp³-hybridized carbons (Fsp3) is 0.588. The average molecular weight is 357 g/mol. The van der Waals surface area contributed by atoms with Crippen LogP contribution in [-0.2, 0) is 15.9 Å². The molecular weight excluding hydrogens is 332 g/mol. The number of hydrogen-bond acceptors (Lipinski definition) is 3. The first kappa shape index (κ1) is 18.2. The maximum Gasteiger partial charge on any atom is 0.337 e. The molecule has 0 fully saturated rings. The Labute approximate surface area is 136 Å². The molecule has 0 bridgehead atoms. The van der Waals surface area contributed by atoms with Gasteiger partial charge < -0.3 is 9.47 Å². The maximum absolute atomic E-state index is 11.3. The number of esters is 1. The minimum absolute atomic E-state index is 0.287. The molecule has 3 nitrogen and oxygen atoms in total. The Bertz CT molecular complexity index is 390. The van der Waals surface area contributed by atoms with Crippen molar-refractivity contribution >= 4 is 21.9 Å². The van der Waals surface area contributed by atoms with Gasteiger partial charge in [0.1, 0.15) is 0 Å². The molecule has 1 aromatic rings. The lowest BCUT2D eigenvalue weighted by molar-refractivity contribution is 0.0600. The lowest BCUT2D eigenvalue weighted by Gasteiger charge is -2.05. The highest BCUT2D eigenvalue weighted by Gasteiger charge is 2.03. The second-order valence-electron chi connectivity index (χ2n) is 5.01. The molecule has 0 atom stereocenters. The van der Waals surface area contributed by atoms with E-state index in [1.165, 1.54) is 31.9 Å². The molecule has 1 rings (SSSR count). The molecule has 0 aliphatic heterocycles. The van der Waals surface area contributed by atoms with E-state index >= 15 is 0 Å². The molecular formula is C17H25BrO3. The Kier molecular flexibility index (Phi) is 10.2. The molecule has 0 radical (unpaired) electrons. The van der Waals surface area contributed by atoms with Crippen LogP contribution in [0.3, 0.4) is 0 Å². The third-order valence-corrected chi connectivity index (χ3v) is 3.86. The number of hydrogen-bond donors (Lipinski definition) is 0. The van der Waals surface area contributed by atoms with Crippen molar-refractivity contribution in [3.63, 3.8) is 0 Å². The number of ether oxygens (including phenoxy) is 2. The Morgan fingerprint density at radius 1 is 1.00 bits per heavy atom. The first-order valence-corrected chi connectivity index (χ1v) is 8.71. The van der Waals surface area contributed by atoms with Crippen LogP contribution in [0.2, 0.25) is 0 Å². The molecule has 0 aliphatic rings. The monoisotopic (exact) mass is 356 g/mol. The predicted octanol–water partition coefficient (Wildman–Crippen LogP) is 4.38. The van der Waals surface area contributed by atoms with E-state index in [0.717, 1.165) is 37.8 Å². The van der Waals surface area contributed by atoms with Crippen LogP contribution in [0.5, 0.6) is 0 Å². The molecule has 4 heteroatoms. The van der Waals surface area contributed by atoms with Crippen LogP contribution in [0, 0.1) is 0 Å². The van der Waals surface area contributed by atoms with Crippen molar-refractivity contribution in [1.29, 1.82) is 0 Å². The summed E-state index contributed by atoms with van der Waals surface area (Å²) >= 11 is 3.43. The van der Waals surface area contributed by atoms with Gasteiger partial charge in [0.15, 0.2) is 0 Å². The van der Waals surface area contributed by atoms with Crippen LogP contribution in [0.15, 0.2) is 24.3 Å². The lowest BCUT2D eigenvalue weighted by Crippen LogP contribution is -2.02. The van der Waals surface area contributed by atoms with Gasteiger partial charge >= 0.3 is 5.97 Å². The first-order chi connectivity index (χ1) is 10.3. The normalized spacial score (nSPS) is 10.6. The zero-order chi connectivity index (χ0) is 15.3. The topological polar surface area (TPSA) is 35.5 Å². The maximum atomic E-state index is 11.3. The zero-order valence-electron chi connectivity index (χ0n) is 12.8. The minimum Gasteiger partial charge on any atom is -0.465 e. The van der Waals surface area contributed by atoms with Crippen molar-refractivity contribution in [1.82, 2.24) is 0 Å². The van der Waals surface area contributed by atoms with E-state index in [2.05, 4.69) is 20.7 Å². The number of aryl methyl sites for hydroxylation is 1. The van der Waals surface area contributed by atoms with Crippen molar-refractivity contribution < 1.29 is 14.3 Å². The molecule has 1 aromatic carbocycles. The zero-order valence-corrected chi connectivity index (χ0v) is 14.4. The van der Waals surface area contributed by atoms with E-state index in [0.29, 0.717) is 5.56 Å². The summed E-state index contributed by atoms with van der Waals surface area (Å²) in [5.41, 5.74) is 1.82. The van der Waals surface area contributed by atoms with E-state index in [4.69, 9.17) is 4.74 Å². The van der Waals surface area contributed by atoms with Crippen LogP contribution >= 0.6 is 15.9 Å². The number of methoxy groups -OCH3 is 1. The molecule has 0 spiro atoms. The van der Waals surface area contributed by atoms with Crippen molar-refractivity contribution in [3.8, 4) is 0 Å². The summed E-state index contributed by atoms with van der Waals surface area (Å²) in [5.74, 6) is -0.287. The van der Waals surface area contributed by atoms with Crippen molar-refractivity contribution in [2.24, 2.45) is 0 Å². The lowest BCUT2D eigenvalue weighted by atomic mass is 10.1. The fourth-order valence-corrected chi connectivity index (χ4v) is 2.45. The Balaban J connectivity index is 2.06. The van der Waals surface area contributed by atoms with Crippen molar-refractivity contribution in [3.05, 3.63) is 35.4 Å². The van der Waals surface area contributed by atoms with E-state index in [1.54, 1.807) is 0 Å². The predicted molar refractivity (Wildman–Crippen MR) is 89.2 cm³/mol. The highest BCUT2D eigenvalue weighted by Crippen LogP contribution is 2.08. The molecule has 0 amide bonds. The number of unbranched alkanes of at least 4 members (excludes halogenated alkanes) is 3. The molecule has 0 aromatic heterocycles. The molecule has 0 N–H and O–H groups in total. The van der Waals surface area contributed by atoms with E-state index in [9.17, 15) is 4.79 Å². The number of benzene rings is 1. The molecule has 0 unspecified atom stereocenters. The number of alkyl halides is 1. The molecule has 0 saturated heterocycles. The van der Waals surface area contributed by atoms with Gasteiger partial charge in [-0.15, -0.1) is 0 Å². The summed E-state index contributed by atoms with van der Waals surface area (Å²) in [6.45, 7) is 1.67. The van der Waals surface area contributed by atoms with Gasteiger partial charge in [-0.25, -0.2) is 4.79 Å². The van der Waals surface area contributed by atoms with Crippen molar-refractivity contribution in [2.45, 2.75) is 38.5 Å². The number of carbonyl (C=O) groups is 1. The van der Waals surface area contributed by atoms with Gasteiger partial charge in [0.2, 0.25) is 0 Å². The summed E-state index contributed by atoms with van der Waals surface area (Å²) in [4.78, 5) is 11.3. The average Bonchev–Trinajstić information content (AvgIpc) is 2.53. The molecule has 21 heavy (non-hydrogen) atoms. The van der Waals surface area contributed by atoms with Gasteiger partial charge in [0.05, 0.1) is 12.7 Å². The summed E-state index contributed by atoms with van der Waals surface area (Å²) in [6.07, 6.45) is 6.92.